The molecule has 1 aromatic heterocycles. The monoisotopic (exact) mass is 299 g/mol. The van der Waals surface area contributed by atoms with Gasteiger partial charge < -0.3 is 5.32 Å². The van der Waals surface area contributed by atoms with Crippen LogP contribution in [0.3, 0.4) is 0 Å². The summed E-state index contributed by atoms with van der Waals surface area (Å²) in [4.78, 5) is 1.25. The van der Waals surface area contributed by atoms with Gasteiger partial charge in [0.2, 0.25) is 0 Å². The Bertz CT molecular complexity index is 510. The molecule has 1 aromatic carbocycles. The molecular weight excluding hydrogens is 285 g/mol. The van der Waals surface area contributed by atoms with Gasteiger partial charge in [-0.1, -0.05) is 42.3 Å². The highest BCUT2D eigenvalue weighted by molar-refractivity contribution is 7.10. The molecular formula is C14H15Cl2NS. The van der Waals surface area contributed by atoms with Gasteiger partial charge in [0.15, 0.2) is 0 Å². The minimum atomic E-state index is 0.324. The van der Waals surface area contributed by atoms with Gasteiger partial charge in [-0.2, -0.15) is 0 Å². The molecule has 4 heteroatoms. The quantitative estimate of drug-likeness (QED) is 0.790. The van der Waals surface area contributed by atoms with Gasteiger partial charge in [0.25, 0.3) is 0 Å². The Morgan fingerprint density at radius 1 is 1.22 bits per heavy atom. The highest BCUT2D eigenvalue weighted by atomic mass is 35.5. The zero-order valence-corrected chi connectivity index (χ0v) is 12.4. The molecule has 0 radical (unpaired) electrons. The van der Waals surface area contributed by atoms with Gasteiger partial charge in [-0.05, 0) is 30.2 Å². The maximum atomic E-state index is 6.02. The normalized spacial score (nSPS) is 12.6. The minimum absolute atomic E-state index is 0.324. The average Bonchev–Trinajstić information content (AvgIpc) is 2.76. The van der Waals surface area contributed by atoms with E-state index in [1.54, 1.807) is 11.3 Å². The summed E-state index contributed by atoms with van der Waals surface area (Å²) in [5, 5.41) is 7.09. The van der Waals surface area contributed by atoms with E-state index in [1.807, 2.05) is 29.6 Å². The van der Waals surface area contributed by atoms with E-state index < -0.39 is 0 Å². The molecule has 1 N–H and O–H groups in total. The molecule has 0 aliphatic carbocycles. The summed E-state index contributed by atoms with van der Waals surface area (Å²) >= 11 is 13.6. The van der Waals surface area contributed by atoms with Gasteiger partial charge in [0.05, 0.1) is 5.02 Å². The molecule has 1 heterocycles. The van der Waals surface area contributed by atoms with E-state index in [4.69, 9.17) is 23.2 Å². The summed E-state index contributed by atoms with van der Waals surface area (Å²) in [7, 11) is 0. The maximum Gasteiger partial charge on any atom is 0.0516 e. The van der Waals surface area contributed by atoms with Crippen LogP contribution in [0.2, 0.25) is 10.0 Å². The number of rotatable bonds is 5. The van der Waals surface area contributed by atoms with E-state index in [-0.39, 0.29) is 0 Å². The summed E-state index contributed by atoms with van der Waals surface area (Å²) in [6.45, 7) is 3.00. The van der Waals surface area contributed by atoms with Crippen molar-refractivity contribution < 1.29 is 0 Å². The van der Waals surface area contributed by atoms with Crippen LogP contribution in [0.25, 0.3) is 0 Å². The third-order valence-corrected chi connectivity index (χ3v) is 4.32. The van der Waals surface area contributed by atoms with E-state index in [1.165, 1.54) is 10.4 Å². The van der Waals surface area contributed by atoms with Crippen molar-refractivity contribution >= 4 is 34.5 Å². The first-order valence-electron chi connectivity index (χ1n) is 5.90. The third-order valence-electron chi connectivity index (χ3n) is 2.80. The fourth-order valence-electron chi connectivity index (χ4n) is 1.89. The van der Waals surface area contributed by atoms with Crippen molar-refractivity contribution in [2.75, 3.05) is 0 Å². The van der Waals surface area contributed by atoms with Crippen LogP contribution in [0.15, 0.2) is 35.7 Å². The zero-order valence-electron chi connectivity index (χ0n) is 10.1. The lowest BCUT2D eigenvalue weighted by molar-refractivity contribution is 0.522. The number of hydrogen-bond acceptors (Lipinski definition) is 2. The van der Waals surface area contributed by atoms with Crippen molar-refractivity contribution in [3.05, 3.63) is 56.2 Å². The summed E-state index contributed by atoms with van der Waals surface area (Å²) in [6.07, 6.45) is 1.03. The van der Waals surface area contributed by atoms with Crippen molar-refractivity contribution in [3.8, 4) is 0 Å². The number of halogens is 2. The predicted octanol–water partition coefficient (Wildman–Crippen LogP) is 5.30. The van der Waals surface area contributed by atoms with Crippen molar-refractivity contribution in [2.24, 2.45) is 0 Å². The fraction of sp³-hybridized carbons (Fsp3) is 0.286. The van der Waals surface area contributed by atoms with Gasteiger partial charge in [-0.25, -0.2) is 0 Å². The highest BCUT2D eigenvalue weighted by Gasteiger charge is 2.09. The van der Waals surface area contributed by atoms with Gasteiger partial charge in [-0.3, -0.25) is 0 Å². The number of benzene rings is 1. The SMILES string of the molecule is CCC(NCc1cc(Cl)cs1)c1cccc(Cl)c1. The third kappa shape index (κ3) is 3.72. The van der Waals surface area contributed by atoms with E-state index in [0.717, 1.165) is 23.0 Å². The van der Waals surface area contributed by atoms with Crippen LogP contribution in [-0.4, -0.2) is 0 Å². The molecule has 0 aliphatic heterocycles. The summed E-state index contributed by atoms with van der Waals surface area (Å²) in [5.74, 6) is 0. The first kappa shape index (κ1) is 13.9. The molecule has 0 saturated heterocycles. The van der Waals surface area contributed by atoms with Crippen molar-refractivity contribution in [1.82, 2.24) is 5.32 Å². The second-order valence-corrected chi connectivity index (χ2v) is 6.00. The Labute approximate surface area is 122 Å². The van der Waals surface area contributed by atoms with Crippen LogP contribution in [0, 0.1) is 0 Å². The van der Waals surface area contributed by atoms with E-state index in [2.05, 4.69) is 18.3 Å². The molecule has 2 aromatic rings. The van der Waals surface area contributed by atoms with Crippen LogP contribution >= 0.6 is 34.5 Å². The minimum Gasteiger partial charge on any atom is -0.305 e. The van der Waals surface area contributed by atoms with Gasteiger partial charge in [-0.15, -0.1) is 11.3 Å². The molecule has 1 nitrogen and oxygen atoms in total. The van der Waals surface area contributed by atoms with Gasteiger partial charge in [0.1, 0.15) is 0 Å². The van der Waals surface area contributed by atoms with Crippen LogP contribution in [-0.2, 0) is 6.54 Å². The Balaban J connectivity index is 2.01. The molecule has 18 heavy (non-hydrogen) atoms. The number of hydrogen-bond donors (Lipinski definition) is 1. The molecule has 2 rings (SSSR count). The second kappa shape index (κ2) is 6.58. The van der Waals surface area contributed by atoms with Gasteiger partial charge in [0, 0.05) is 27.9 Å². The zero-order chi connectivity index (χ0) is 13.0. The fourth-order valence-corrected chi connectivity index (χ4v) is 3.11. The maximum absolute atomic E-state index is 6.02. The lowest BCUT2D eigenvalue weighted by Crippen LogP contribution is -2.19. The van der Waals surface area contributed by atoms with Crippen LogP contribution < -0.4 is 5.32 Å². The van der Waals surface area contributed by atoms with Crippen LogP contribution in [0.4, 0.5) is 0 Å². The molecule has 0 amide bonds. The molecule has 0 fully saturated rings. The first-order valence-corrected chi connectivity index (χ1v) is 7.54. The van der Waals surface area contributed by atoms with Crippen LogP contribution in [0.5, 0.6) is 0 Å². The smallest absolute Gasteiger partial charge is 0.0516 e. The molecule has 1 atom stereocenters. The molecule has 0 saturated carbocycles. The van der Waals surface area contributed by atoms with E-state index in [9.17, 15) is 0 Å². The number of nitrogens with one attached hydrogen (secondary N) is 1. The standard InChI is InChI=1S/C14H15Cl2NS/c1-2-14(10-4-3-5-11(15)6-10)17-8-13-7-12(16)9-18-13/h3-7,9,14,17H,2,8H2,1H3. The van der Waals surface area contributed by atoms with E-state index >= 15 is 0 Å². The lowest BCUT2D eigenvalue weighted by atomic mass is 10.0. The van der Waals surface area contributed by atoms with Gasteiger partial charge >= 0.3 is 0 Å². The van der Waals surface area contributed by atoms with Crippen molar-refractivity contribution in [2.45, 2.75) is 25.9 Å². The Morgan fingerprint density at radius 3 is 2.67 bits per heavy atom. The second-order valence-electron chi connectivity index (χ2n) is 4.13. The van der Waals surface area contributed by atoms with Crippen molar-refractivity contribution in [1.29, 1.82) is 0 Å². The Morgan fingerprint density at radius 2 is 2.06 bits per heavy atom. The first-order chi connectivity index (χ1) is 8.69. The Hall–Kier alpha value is -0.540. The molecule has 1 unspecified atom stereocenters. The molecule has 0 bridgehead atoms. The summed E-state index contributed by atoms with van der Waals surface area (Å²) < 4.78 is 0. The Kier molecular flexibility index (Phi) is 5.07. The topological polar surface area (TPSA) is 12.0 Å². The molecule has 0 aliphatic rings. The van der Waals surface area contributed by atoms with E-state index in [0.29, 0.717) is 6.04 Å². The molecule has 0 spiro atoms. The van der Waals surface area contributed by atoms with Crippen LogP contribution in [0.1, 0.15) is 29.8 Å². The average molecular weight is 300 g/mol. The highest BCUT2D eigenvalue weighted by Crippen LogP contribution is 2.23. The lowest BCUT2D eigenvalue weighted by Gasteiger charge is -2.17. The summed E-state index contributed by atoms with van der Waals surface area (Å²) in [5.41, 5.74) is 1.23. The molecule has 96 valence electrons. The largest absolute Gasteiger partial charge is 0.305 e. The predicted molar refractivity (Wildman–Crippen MR) is 80.7 cm³/mol. The van der Waals surface area contributed by atoms with Crippen molar-refractivity contribution in [3.63, 3.8) is 0 Å². The number of thiophene rings is 1. The summed E-state index contributed by atoms with van der Waals surface area (Å²) in [6, 6.07) is 10.3.